The highest BCUT2D eigenvalue weighted by Gasteiger charge is 2.17. The van der Waals surface area contributed by atoms with Gasteiger partial charge in [-0.15, -0.1) is 0 Å². The van der Waals surface area contributed by atoms with Crippen molar-refractivity contribution in [2.24, 2.45) is 0 Å². The first-order valence-corrected chi connectivity index (χ1v) is 8.97. The summed E-state index contributed by atoms with van der Waals surface area (Å²) in [7, 11) is 0. The van der Waals surface area contributed by atoms with Crippen molar-refractivity contribution >= 4 is 11.6 Å². The van der Waals surface area contributed by atoms with E-state index in [2.05, 4.69) is 33.8 Å². The highest BCUT2D eigenvalue weighted by atomic mass is 16.5. The third-order valence-corrected chi connectivity index (χ3v) is 4.92. The number of aryl methyl sites for hydroxylation is 1. The fourth-order valence-electron chi connectivity index (χ4n) is 3.56. The second-order valence-electron chi connectivity index (χ2n) is 6.44. The van der Waals surface area contributed by atoms with Gasteiger partial charge in [-0.1, -0.05) is 18.2 Å². The van der Waals surface area contributed by atoms with Crippen molar-refractivity contribution < 1.29 is 9.53 Å². The van der Waals surface area contributed by atoms with Gasteiger partial charge in [0, 0.05) is 43.3 Å². The average molecular weight is 341 g/mol. The summed E-state index contributed by atoms with van der Waals surface area (Å²) in [5.74, 6) is -0.00965. The molecule has 1 aromatic carbocycles. The Morgan fingerprint density at radius 1 is 1.20 bits per heavy atom. The molecule has 0 unspecified atom stereocenters. The Morgan fingerprint density at radius 2 is 1.92 bits per heavy atom. The normalized spacial score (nSPS) is 14.6. The number of morpholine rings is 1. The molecule has 1 aromatic heterocycles. The minimum Gasteiger partial charge on any atom is -0.378 e. The van der Waals surface area contributed by atoms with Crippen LogP contribution in [0.4, 0.5) is 5.69 Å². The zero-order valence-electron chi connectivity index (χ0n) is 15.3. The van der Waals surface area contributed by atoms with Crippen LogP contribution in [0.2, 0.25) is 0 Å². The fraction of sp³-hybridized carbons (Fsp3) is 0.450. The number of hydrogen-bond donors (Lipinski definition) is 1. The molecule has 5 nitrogen and oxygen atoms in total. The number of benzene rings is 1. The van der Waals surface area contributed by atoms with Crippen molar-refractivity contribution in [1.82, 2.24) is 9.88 Å². The van der Waals surface area contributed by atoms with Crippen LogP contribution in [0.1, 0.15) is 34.2 Å². The van der Waals surface area contributed by atoms with Gasteiger partial charge in [-0.3, -0.25) is 4.79 Å². The molecule has 2 heterocycles. The maximum Gasteiger partial charge on any atom is 0.253 e. The molecule has 0 radical (unpaired) electrons. The van der Waals surface area contributed by atoms with Gasteiger partial charge in [-0.2, -0.15) is 0 Å². The number of anilines is 1. The largest absolute Gasteiger partial charge is 0.378 e. The van der Waals surface area contributed by atoms with Crippen LogP contribution in [-0.2, 0) is 17.8 Å². The van der Waals surface area contributed by atoms with Crippen molar-refractivity contribution in [1.29, 1.82) is 0 Å². The molecule has 1 amide bonds. The van der Waals surface area contributed by atoms with E-state index in [1.54, 1.807) is 0 Å². The molecule has 5 heteroatoms. The van der Waals surface area contributed by atoms with Crippen molar-refractivity contribution in [3.8, 4) is 0 Å². The lowest BCUT2D eigenvalue weighted by Crippen LogP contribution is -2.37. The minimum absolute atomic E-state index is 0.00965. The number of carbonyl (C=O) groups excluding carboxylic acids is 1. The first kappa shape index (κ1) is 17.5. The van der Waals surface area contributed by atoms with E-state index in [0.717, 1.165) is 55.4 Å². The summed E-state index contributed by atoms with van der Waals surface area (Å²) in [6, 6.07) is 10.2. The van der Waals surface area contributed by atoms with Gasteiger partial charge in [0.05, 0.1) is 18.8 Å². The van der Waals surface area contributed by atoms with Crippen LogP contribution in [-0.4, -0.2) is 36.8 Å². The second kappa shape index (κ2) is 7.74. The highest BCUT2D eigenvalue weighted by Crippen LogP contribution is 2.22. The van der Waals surface area contributed by atoms with Gasteiger partial charge in [0.15, 0.2) is 0 Å². The number of carbonyl (C=O) groups is 1. The predicted molar refractivity (Wildman–Crippen MR) is 100 cm³/mol. The SMILES string of the molecule is CCn1c(C)cc(C(=O)NCc2ccccc2N2CCOCC2)c1C. The maximum atomic E-state index is 12.6. The number of ether oxygens (including phenoxy) is 1. The molecule has 1 N–H and O–H groups in total. The van der Waals surface area contributed by atoms with Crippen molar-refractivity contribution in [2.75, 3.05) is 31.2 Å². The van der Waals surface area contributed by atoms with Gasteiger partial charge in [-0.25, -0.2) is 0 Å². The Balaban J connectivity index is 1.72. The first-order chi connectivity index (χ1) is 12.1. The summed E-state index contributed by atoms with van der Waals surface area (Å²) in [6.07, 6.45) is 0. The lowest BCUT2D eigenvalue weighted by atomic mass is 10.1. The van der Waals surface area contributed by atoms with E-state index in [-0.39, 0.29) is 5.91 Å². The van der Waals surface area contributed by atoms with Gasteiger partial charge < -0.3 is 19.5 Å². The lowest BCUT2D eigenvalue weighted by molar-refractivity contribution is 0.0950. The van der Waals surface area contributed by atoms with Crippen LogP contribution in [0, 0.1) is 13.8 Å². The van der Waals surface area contributed by atoms with Crippen LogP contribution in [0.3, 0.4) is 0 Å². The van der Waals surface area contributed by atoms with Crippen LogP contribution in [0.5, 0.6) is 0 Å². The molecule has 134 valence electrons. The highest BCUT2D eigenvalue weighted by molar-refractivity contribution is 5.95. The smallest absolute Gasteiger partial charge is 0.253 e. The van der Waals surface area contributed by atoms with E-state index in [0.29, 0.717) is 6.54 Å². The summed E-state index contributed by atoms with van der Waals surface area (Å²) < 4.78 is 7.60. The molecule has 1 saturated heterocycles. The number of aromatic nitrogens is 1. The number of nitrogens with zero attached hydrogens (tertiary/aromatic N) is 2. The van der Waals surface area contributed by atoms with E-state index < -0.39 is 0 Å². The Kier molecular flexibility index (Phi) is 5.43. The van der Waals surface area contributed by atoms with Crippen molar-refractivity contribution in [2.45, 2.75) is 33.9 Å². The van der Waals surface area contributed by atoms with Crippen LogP contribution >= 0.6 is 0 Å². The number of hydrogen-bond acceptors (Lipinski definition) is 3. The van der Waals surface area contributed by atoms with E-state index in [1.807, 2.05) is 32.0 Å². The Labute approximate surface area is 149 Å². The molecular weight excluding hydrogens is 314 g/mol. The molecule has 0 aliphatic carbocycles. The summed E-state index contributed by atoms with van der Waals surface area (Å²) in [5.41, 5.74) is 5.24. The van der Waals surface area contributed by atoms with E-state index in [9.17, 15) is 4.79 Å². The summed E-state index contributed by atoms with van der Waals surface area (Å²) in [4.78, 5) is 15.0. The molecule has 1 aliphatic heterocycles. The Hall–Kier alpha value is -2.27. The van der Waals surface area contributed by atoms with Gasteiger partial charge in [-0.05, 0) is 38.5 Å². The molecule has 0 atom stereocenters. The van der Waals surface area contributed by atoms with Crippen LogP contribution in [0.15, 0.2) is 30.3 Å². The molecule has 3 rings (SSSR count). The van der Waals surface area contributed by atoms with Gasteiger partial charge in [0.2, 0.25) is 0 Å². The monoisotopic (exact) mass is 341 g/mol. The van der Waals surface area contributed by atoms with Crippen LogP contribution < -0.4 is 10.2 Å². The number of para-hydroxylation sites is 1. The predicted octanol–water partition coefficient (Wildman–Crippen LogP) is 2.89. The fourth-order valence-corrected chi connectivity index (χ4v) is 3.56. The molecular formula is C20H27N3O2. The number of amides is 1. The second-order valence-corrected chi connectivity index (χ2v) is 6.44. The average Bonchev–Trinajstić information content (AvgIpc) is 2.94. The molecule has 0 bridgehead atoms. The van der Waals surface area contributed by atoms with Crippen molar-refractivity contribution in [3.63, 3.8) is 0 Å². The quantitative estimate of drug-likeness (QED) is 0.910. The first-order valence-electron chi connectivity index (χ1n) is 8.97. The van der Waals surface area contributed by atoms with Crippen molar-refractivity contribution in [3.05, 3.63) is 52.8 Å². The zero-order valence-corrected chi connectivity index (χ0v) is 15.3. The van der Waals surface area contributed by atoms with Gasteiger partial charge in [0.1, 0.15) is 0 Å². The molecule has 1 fully saturated rings. The van der Waals surface area contributed by atoms with Gasteiger partial charge >= 0.3 is 0 Å². The van der Waals surface area contributed by atoms with Crippen LogP contribution in [0.25, 0.3) is 0 Å². The summed E-state index contributed by atoms with van der Waals surface area (Å²) in [5, 5.41) is 3.09. The zero-order chi connectivity index (χ0) is 17.8. The number of nitrogens with one attached hydrogen (secondary N) is 1. The maximum absolute atomic E-state index is 12.6. The van der Waals surface area contributed by atoms with E-state index in [1.165, 1.54) is 5.69 Å². The van der Waals surface area contributed by atoms with E-state index in [4.69, 9.17) is 4.74 Å². The molecule has 2 aromatic rings. The topological polar surface area (TPSA) is 46.5 Å². The molecule has 0 spiro atoms. The Bertz CT molecular complexity index is 745. The summed E-state index contributed by atoms with van der Waals surface area (Å²) in [6.45, 7) is 10.8. The van der Waals surface area contributed by atoms with Gasteiger partial charge in [0.25, 0.3) is 5.91 Å². The molecule has 1 aliphatic rings. The molecule has 25 heavy (non-hydrogen) atoms. The number of rotatable bonds is 5. The molecule has 0 saturated carbocycles. The third-order valence-electron chi connectivity index (χ3n) is 4.92. The minimum atomic E-state index is -0.00965. The summed E-state index contributed by atoms with van der Waals surface area (Å²) >= 11 is 0. The Morgan fingerprint density at radius 3 is 2.60 bits per heavy atom. The van der Waals surface area contributed by atoms with E-state index >= 15 is 0 Å². The lowest BCUT2D eigenvalue weighted by Gasteiger charge is -2.30. The third kappa shape index (κ3) is 3.71. The standard InChI is InChI=1S/C20H27N3O2/c1-4-23-15(2)13-18(16(23)3)20(24)21-14-17-7-5-6-8-19(17)22-9-11-25-12-10-22/h5-8,13H,4,9-12,14H2,1-3H3,(H,21,24).